The average molecular weight is 1490 g/mol. The molecule has 0 aliphatic carbocycles. The fourth-order valence-electron chi connectivity index (χ4n) is 11.3. The van der Waals surface area contributed by atoms with Gasteiger partial charge in [0.25, 0.3) is 0 Å². The van der Waals surface area contributed by atoms with Crippen molar-refractivity contribution in [2.45, 2.75) is 393 Å². The van der Waals surface area contributed by atoms with Crippen LogP contribution in [0.25, 0.3) is 0 Å². The first-order valence-corrected chi connectivity index (χ1v) is 45.0. The third-order valence-electron chi connectivity index (χ3n) is 15.5. The predicted molar refractivity (Wildman–Crippen MR) is 436 cm³/mol. The zero-order chi connectivity index (χ0) is 74.0. The molecule has 0 saturated carbocycles. The maximum Gasteiger partial charge on any atom is 0.194 e. The maximum atomic E-state index is 13.3. The minimum Gasteiger partial charge on any atom is -0.330 e. The van der Waals surface area contributed by atoms with Crippen molar-refractivity contribution in [3.05, 3.63) is 0 Å². The monoisotopic (exact) mass is 1490 g/mol. The molecule has 0 saturated heterocycles. The molecule has 7 unspecified atom stereocenters. The first kappa shape index (κ1) is 96.0. The van der Waals surface area contributed by atoms with E-state index >= 15 is 0 Å². The van der Waals surface area contributed by atoms with Gasteiger partial charge < -0.3 is 13.6 Å². The molecule has 7 atom stereocenters. The molecule has 0 heterocycles. The molecule has 21 heteroatoms. The lowest BCUT2D eigenvalue weighted by atomic mass is 9.99. The number of nitrogens with zero attached hydrogens (tertiary/aromatic N) is 6. The molecule has 0 aromatic rings. The van der Waals surface area contributed by atoms with E-state index in [1.54, 1.807) is 0 Å². The molecule has 0 bridgehead atoms. The Morgan fingerprint density at radius 3 is 0.947 bits per heavy atom. The van der Waals surface area contributed by atoms with Crippen molar-refractivity contribution < 1.29 is 28.0 Å². The van der Waals surface area contributed by atoms with Gasteiger partial charge in [-0.1, -0.05) is 97.6 Å². The molecule has 0 aliphatic heterocycles. The lowest BCUT2D eigenvalue weighted by molar-refractivity contribution is -0.118. The van der Waals surface area contributed by atoms with Gasteiger partial charge in [0.15, 0.2) is 40.7 Å². The predicted octanol–water partition coefficient (Wildman–Crippen LogP) is 22.9. The van der Waals surface area contributed by atoms with Crippen molar-refractivity contribution >= 4 is 111 Å². The molecule has 0 fully saturated rings. The molecule has 0 N–H and O–H groups in total. The first-order valence-electron chi connectivity index (χ1n) is 35.8. The zero-order valence-electron chi connectivity index (χ0n) is 68.1. The lowest BCUT2D eigenvalue weighted by Crippen LogP contribution is -2.48. The quantitative estimate of drug-likeness (QED) is 0.0427. The zero-order valence-corrected chi connectivity index (χ0v) is 75.7. The Hall–Kier alpha value is 2.04. The molecule has 0 aromatic heterocycles. The van der Waals surface area contributed by atoms with E-state index in [1.165, 1.54) is 35.3 Å². The smallest absolute Gasteiger partial charge is 0.194 e. The minimum atomic E-state index is -1.32. The van der Waals surface area contributed by atoms with E-state index in [9.17, 15) is 14.4 Å². The summed E-state index contributed by atoms with van der Waals surface area (Å²) in [6, 6.07) is 2.92. The number of carbonyl (C=O) groups is 3. The summed E-state index contributed by atoms with van der Waals surface area (Å²) in [5.74, 6) is 4.14. The number of hydrogen-bond donors (Lipinski definition) is 0. The number of carbonyl (C=O) groups excluding carboxylic acids is 3. The van der Waals surface area contributed by atoms with Crippen LogP contribution in [0.4, 0.5) is 0 Å². The molecule has 0 rings (SSSR count). The number of rotatable bonds is 45. The summed E-state index contributed by atoms with van der Waals surface area (Å²) in [6.45, 7) is 89.1. The van der Waals surface area contributed by atoms with E-state index in [4.69, 9.17) is 13.6 Å². The van der Waals surface area contributed by atoms with Gasteiger partial charge in [-0.25, -0.2) is 28.0 Å². The summed E-state index contributed by atoms with van der Waals surface area (Å²) in [4.78, 5) is 39.4. The highest BCUT2D eigenvalue weighted by atomic mass is 32.2. The van der Waals surface area contributed by atoms with Gasteiger partial charge >= 0.3 is 0 Å². The van der Waals surface area contributed by atoms with E-state index in [0.717, 1.165) is 54.4 Å². The third kappa shape index (κ3) is 35.2. The van der Waals surface area contributed by atoms with Crippen LogP contribution in [0.15, 0.2) is 0 Å². The van der Waals surface area contributed by atoms with Crippen molar-refractivity contribution in [1.82, 2.24) is 28.0 Å². The molecule has 0 aromatic carbocycles. The van der Waals surface area contributed by atoms with Gasteiger partial charge in [-0.15, -0.1) is 11.8 Å². The number of thioether (sulfide) groups is 6. The molecular formula is C73H151N6O6P3S6. The van der Waals surface area contributed by atoms with Crippen LogP contribution in [-0.2, 0) is 28.0 Å². The highest BCUT2D eigenvalue weighted by Crippen LogP contribution is 2.58. The van der Waals surface area contributed by atoms with E-state index in [1.807, 2.05) is 97.6 Å². The van der Waals surface area contributed by atoms with Gasteiger partial charge in [-0.05, 0) is 233 Å². The van der Waals surface area contributed by atoms with Crippen LogP contribution in [0.2, 0.25) is 0 Å². The average Bonchev–Trinajstić information content (AvgIpc) is 0.814. The van der Waals surface area contributed by atoms with E-state index in [0.29, 0.717) is 25.3 Å². The normalized spacial score (nSPS) is 16.6. The van der Waals surface area contributed by atoms with Crippen LogP contribution in [0.5, 0.6) is 0 Å². The summed E-state index contributed by atoms with van der Waals surface area (Å²) < 4.78 is 38.0. The highest BCUT2D eigenvalue weighted by molar-refractivity contribution is 8.16. The Balaban J connectivity index is 7.61. The van der Waals surface area contributed by atoms with Gasteiger partial charge in [-0.3, -0.25) is 14.4 Å². The Morgan fingerprint density at radius 2 is 0.638 bits per heavy atom. The maximum absolute atomic E-state index is 13.3. The lowest BCUT2D eigenvalue weighted by Gasteiger charge is -2.50. The molecule has 560 valence electrons. The van der Waals surface area contributed by atoms with Crippen molar-refractivity contribution in [1.29, 1.82) is 0 Å². The van der Waals surface area contributed by atoms with Gasteiger partial charge in [0.2, 0.25) is 0 Å². The van der Waals surface area contributed by atoms with E-state index in [-0.39, 0.29) is 106 Å². The van der Waals surface area contributed by atoms with Gasteiger partial charge in [0.05, 0.1) is 18.8 Å². The van der Waals surface area contributed by atoms with Crippen LogP contribution < -0.4 is 0 Å². The second kappa shape index (κ2) is 41.7. The molecule has 0 amide bonds. The minimum absolute atomic E-state index is 0.130. The SMILES string of the molecule is CC(C)N(C(C)C)P(OCCSCC(C)(C)SC(=O)C(C)(C)C)N(C(C)C)C(C)CCC(C)N(C(C)C)P(OC(C)(C)CSCC(C)(C)SC(=O)C(C)(C)C)N(C(C)C)C(C)CCC(C)N(C(C)C)P(OCC(C)(C)SC(C)(C)CSC(=O)C(C)(C)C)N(C(C)C)C(C)C. The molecule has 0 radical (unpaired) electrons. The Morgan fingerprint density at radius 1 is 0.340 bits per heavy atom. The largest absolute Gasteiger partial charge is 0.330 e. The fraction of sp³-hybridized carbons (Fsp3) is 0.959. The van der Waals surface area contributed by atoms with Gasteiger partial charge in [0.1, 0.15) is 0 Å². The second-order valence-corrected chi connectivity index (χ2v) is 48.9. The topological polar surface area (TPSA) is 98.3 Å². The Labute approximate surface area is 613 Å². The summed E-state index contributed by atoms with van der Waals surface area (Å²) in [5, 5.41) is 0.712. The standard InChI is InChI=1S/C73H151N6O6P3S6/c1-51(2)74(52(3)4)86(83-44-45-89-48-71(34,35)92-64(81)67(24,25)26)76(55(9)10)59(17)40-42-61(19)78(57(13)14)88(85-69(30,31)47-90-49-72(36,37)93-65(82)68(27,28)29)79(58(15)16)62(20)43-41-60(18)77(56(11)12)87(75(53(5)6)54(7)8)84-46-70(32,33)94-73(38,39)50-91-63(80)66(21,22)23/h51-62H,40-50H2,1-39H3. The Bertz CT molecular complexity index is 2170. The Kier molecular flexibility index (Phi) is 42.6. The molecular weight excluding hydrogens is 1340 g/mol. The second-order valence-electron chi connectivity index (χ2n) is 35.1. The van der Waals surface area contributed by atoms with Crippen molar-refractivity contribution in [2.24, 2.45) is 16.2 Å². The van der Waals surface area contributed by atoms with E-state index < -0.39 is 36.4 Å². The van der Waals surface area contributed by atoms with Crippen molar-refractivity contribution in [3.63, 3.8) is 0 Å². The van der Waals surface area contributed by atoms with Crippen LogP contribution in [-0.4, -0.2) is 182 Å². The summed E-state index contributed by atoms with van der Waals surface area (Å²) in [7, 11) is -3.60. The van der Waals surface area contributed by atoms with Crippen LogP contribution in [0.1, 0.15) is 296 Å². The summed E-state index contributed by atoms with van der Waals surface area (Å²) >= 11 is 10.2. The molecule has 12 nitrogen and oxygen atoms in total. The van der Waals surface area contributed by atoms with Gasteiger partial charge in [0, 0.05) is 136 Å². The van der Waals surface area contributed by atoms with Crippen molar-refractivity contribution in [3.8, 4) is 0 Å². The molecule has 0 aliphatic rings. The summed E-state index contributed by atoms with van der Waals surface area (Å²) in [5.41, 5.74) is -1.62. The van der Waals surface area contributed by atoms with Crippen LogP contribution >= 0.6 is 95.9 Å². The van der Waals surface area contributed by atoms with E-state index in [2.05, 4.69) is 236 Å². The molecule has 94 heavy (non-hydrogen) atoms. The van der Waals surface area contributed by atoms with Crippen molar-refractivity contribution in [2.75, 3.05) is 42.0 Å². The molecule has 0 spiro atoms. The summed E-state index contributed by atoms with van der Waals surface area (Å²) in [6.07, 6.45) is 3.96. The fourth-order valence-corrected chi connectivity index (χ4v) is 26.7. The van der Waals surface area contributed by atoms with Crippen LogP contribution in [0.3, 0.4) is 0 Å². The number of hydrogen-bond acceptors (Lipinski definition) is 18. The third-order valence-corrected chi connectivity index (χ3v) is 34.5. The first-order chi connectivity index (χ1) is 42.3. The van der Waals surface area contributed by atoms with Gasteiger partial charge in [-0.2, -0.15) is 23.5 Å². The van der Waals surface area contributed by atoms with Crippen LogP contribution in [0, 0.1) is 16.2 Å². The highest BCUT2D eigenvalue weighted by Gasteiger charge is 2.44.